The molecular formula is C11H10O2. The van der Waals surface area contributed by atoms with Gasteiger partial charge >= 0.3 is 0 Å². The van der Waals surface area contributed by atoms with E-state index >= 15 is 0 Å². The summed E-state index contributed by atoms with van der Waals surface area (Å²) >= 11 is 0. The van der Waals surface area contributed by atoms with Gasteiger partial charge in [0.15, 0.2) is 11.6 Å². The first-order valence-corrected chi connectivity index (χ1v) is 4.52. The van der Waals surface area contributed by atoms with Crippen LogP contribution in [0.5, 0.6) is 0 Å². The summed E-state index contributed by atoms with van der Waals surface area (Å²) in [6.07, 6.45) is 4.04. The number of carbonyl (C=O) groups is 2. The third-order valence-electron chi connectivity index (χ3n) is 4.02. The molecule has 0 bridgehead atoms. The van der Waals surface area contributed by atoms with Crippen molar-refractivity contribution in [1.29, 1.82) is 0 Å². The highest BCUT2D eigenvalue weighted by Crippen LogP contribution is 2.78. The van der Waals surface area contributed by atoms with E-state index in [0.29, 0.717) is 0 Å². The maximum atomic E-state index is 11.7. The van der Waals surface area contributed by atoms with Gasteiger partial charge in [-0.15, -0.1) is 0 Å². The van der Waals surface area contributed by atoms with E-state index in [1.807, 2.05) is 13.8 Å². The molecule has 0 spiro atoms. The van der Waals surface area contributed by atoms with Crippen LogP contribution in [0.3, 0.4) is 0 Å². The van der Waals surface area contributed by atoms with Gasteiger partial charge in [0.1, 0.15) is 0 Å². The van der Waals surface area contributed by atoms with Crippen molar-refractivity contribution in [2.45, 2.75) is 20.3 Å². The maximum absolute atomic E-state index is 11.7. The molecule has 0 aromatic heterocycles. The molecule has 0 saturated heterocycles. The first-order chi connectivity index (χ1) is 6.05. The van der Waals surface area contributed by atoms with Gasteiger partial charge in [0.05, 0.1) is 10.8 Å². The first-order valence-electron chi connectivity index (χ1n) is 4.52. The lowest BCUT2D eigenvalue weighted by Crippen LogP contribution is -2.17. The number of rotatable bonds is 0. The minimum absolute atomic E-state index is 0.143. The van der Waals surface area contributed by atoms with Crippen molar-refractivity contribution < 1.29 is 9.59 Å². The molecule has 1 fully saturated rings. The highest BCUT2D eigenvalue weighted by molar-refractivity contribution is 6.20. The summed E-state index contributed by atoms with van der Waals surface area (Å²) in [5.74, 6) is 0.286. The van der Waals surface area contributed by atoms with Crippen molar-refractivity contribution in [2.24, 2.45) is 10.8 Å². The monoisotopic (exact) mass is 174 g/mol. The summed E-state index contributed by atoms with van der Waals surface area (Å²) in [6, 6.07) is 0. The van der Waals surface area contributed by atoms with Crippen molar-refractivity contribution in [3.05, 3.63) is 23.3 Å². The largest absolute Gasteiger partial charge is 0.294 e. The number of allylic oxidation sites excluding steroid dienone is 4. The molecule has 0 aromatic rings. The van der Waals surface area contributed by atoms with Gasteiger partial charge in [-0.3, -0.25) is 9.59 Å². The molecule has 66 valence electrons. The third kappa shape index (κ3) is 0.438. The Hall–Kier alpha value is -1.18. The smallest absolute Gasteiger partial charge is 0.167 e. The van der Waals surface area contributed by atoms with Crippen LogP contribution in [-0.2, 0) is 9.59 Å². The van der Waals surface area contributed by atoms with E-state index in [9.17, 15) is 9.59 Å². The fourth-order valence-corrected chi connectivity index (χ4v) is 3.18. The number of ketones is 2. The van der Waals surface area contributed by atoms with Crippen LogP contribution in [0.4, 0.5) is 0 Å². The zero-order valence-corrected chi connectivity index (χ0v) is 7.68. The van der Waals surface area contributed by atoms with Crippen molar-refractivity contribution in [3.8, 4) is 0 Å². The Morgan fingerprint density at radius 1 is 1.00 bits per heavy atom. The fraction of sp³-hybridized carbons (Fsp3) is 0.455. The number of carbonyl (C=O) groups excluding carboxylic acids is 2. The van der Waals surface area contributed by atoms with E-state index in [1.54, 1.807) is 12.2 Å². The van der Waals surface area contributed by atoms with E-state index in [1.165, 1.54) is 0 Å². The standard InChI is InChI=1S/C11H10O2/c1-6-3-8(12)11-5-10(6,11)9(13)4-7(11)2/h3-4H,5H2,1-2H3/t10-,11-/m1/s1. The molecule has 0 N–H and O–H groups in total. The van der Waals surface area contributed by atoms with Gasteiger partial charge in [-0.2, -0.15) is 0 Å². The van der Waals surface area contributed by atoms with Crippen LogP contribution in [-0.4, -0.2) is 11.6 Å². The summed E-state index contributed by atoms with van der Waals surface area (Å²) in [5, 5.41) is 0. The van der Waals surface area contributed by atoms with Gasteiger partial charge in [0.25, 0.3) is 0 Å². The lowest BCUT2D eigenvalue weighted by atomic mass is 9.90. The SMILES string of the molecule is CC1=CC(=O)[C@]23C[C@]12C(=O)C=C3C. The van der Waals surface area contributed by atoms with Gasteiger partial charge in [-0.1, -0.05) is 11.1 Å². The second-order valence-corrected chi connectivity index (χ2v) is 4.37. The second-order valence-electron chi connectivity index (χ2n) is 4.37. The Morgan fingerprint density at radius 2 is 1.38 bits per heavy atom. The Labute approximate surface area is 76.3 Å². The molecule has 0 amide bonds. The average Bonchev–Trinajstić information content (AvgIpc) is 2.64. The minimum Gasteiger partial charge on any atom is -0.294 e. The lowest BCUT2D eigenvalue weighted by molar-refractivity contribution is -0.122. The highest BCUT2D eigenvalue weighted by Gasteiger charge is 2.81. The number of hydrogen-bond acceptors (Lipinski definition) is 2. The maximum Gasteiger partial charge on any atom is 0.167 e. The molecule has 2 atom stereocenters. The van der Waals surface area contributed by atoms with Crippen molar-refractivity contribution in [1.82, 2.24) is 0 Å². The normalized spacial score (nSPS) is 45.7. The highest BCUT2D eigenvalue weighted by atomic mass is 16.1. The molecule has 0 heterocycles. The van der Waals surface area contributed by atoms with Gasteiger partial charge in [0.2, 0.25) is 0 Å². The van der Waals surface area contributed by atoms with Crippen molar-refractivity contribution in [2.75, 3.05) is 0 Å². The van der Waals surface area contributed by atoms with Crippen LogP contribution in [0.1, 0.15) is 20.3 Å². The predicted molar refractivity (Wildman–Crippen MR) is 47.0 cm³/mol. The molecule has 0 aromatic carbocycles. The Morgan fingerprint density at radius 3 is 1.69 bits per heavy atom. The van der Waals surface area contributed by atoms with E-state index in [0.717, 1.165) is 17.6 Å². The van der Waals surface area contributed by atoms with Crippen LogP contribution < -0.4 is 0 Å². The molecule has 3 aliphatic carbocycles. The van der Waals surface area contributed by atoms with Crippen LogP contribution >= 0.6 is 0 Å². The first kappa shape index (κ1) is 7.25. The van der Waals surface area contributed by atoms with E-state index in [-0.39, 0.29) is 11.6 Å². The van der Waals surface area contributed by atoms with Crippen LogP contribution in [0.25, 0.3) is 0 Å². The van der Waals surface area contributed by atoms with Crippen molar-refractivity contribution in [3.63, 3.8) is 0 Å². The van der Waals surface area contributed by atoms with Crippen LogP contribution in [0.2, 0.25) is 0 Å². The summed E-state index contributed by atoms with van der Waals surface area (Å²) in [7, 11) is 0. The zero-order chi connectivity index (χ0) is 9.43. The fourth-order valence-electron chi connectivity index (χ4n) is 3.18. The molecular weight excluding hydrogens is 164 g/mol. The third-order valence-corrected chi connectivity index (χ3v) is 4.02. The molecule has 0 aliphatic heterocycles. The van der Waals surface area contributed by atoms with E-state index < -0.39 is 10.8 Å². The Balaban J connectivity index is 2.30. The summed E-state index contributed by atoms with van der Waals surface area (Å²) < 4.78 is 0. The molecule has 3 rings (SSSR count). The molecule has 0 unspecified atom stereocenters. The topological polar surface area (TPSA) is 34.1 Å². The quantitative estimate of drug-likeness (QED) is 0.556. The molecule has 3 aliphatic rings. The molecule has 13 heavy (non-hydrogen) atoms. The Kier molecular flexibility index (Phi) is 0.872. The Bertz CT molecular complexity index is 387. The van der Waals surface area contributed by atoms with E-state index in [4.69, 9.17) is 0 Å². The van der Waals surface area contributed by atoms with Gasteiger partial charge in [0, 0.05) is 0 Å². The van der Waals surface area contributed by atoms with E-state index in [2.05, 4.69) is 0 Å². The second kappa shape index (κ2) is 1.57. The van der Waals surface area contributed by atoms with Gasteiger partial charge in [-0.05, 0) is 32.4 Å². The van der Waals surface area contributed by atoms with Gasteiger partial charge < -0.3 is 0 Å². The molecule has 1 saturated carbocycles. The van der Waals surface area contributed by atoms with Crippen LogP contribution in [0.15, 0.2) is 23.3 Å². The predicted octanol–water partition coefficient (Wildman–Crippen LogP) is 1.42. The lowest BCUT2D eigenvalue weighted by Gasteiger charge is -2.08. The summed E-state index contributed by atoms with van der Waals surface area (Å²) in [5.41, 5.74) is 1.12. The van der Waals surface area contributed by atoms with Crippen molar-refractivity contribution >= 4 is 11.6 Å². The summed E-state index contributed by atoms with van der Waals surface area (Å²) in [4.78, 5) is 23.4. The van der Waals surface area contributed by atoms with Gasteiger partial charge in [-0.25, -0.2) is 0 Å². The molecule has 2 nitrogen and oxygen atoms in total. The number of hydrogen-bond donors (Lipinski definition) is 0. The minimum atomic E-state index is -0.409. The zero-order valence-electron chi connectivity index (χ0n) is 7.68. The summed E-state index contributed by atoms with van der Waals surface area (Å²) in [6.45, 7) is 3.80. The molecule has 0 radical (unpaired) electrons. The average molecular weight is 174 g/mol. The molecule has 2 heteroatoms. The van der Waals surface area contributed by atoms with Crippen LogP contribution in [0, 0.1) is 10.8 Å².